The molecule has 12 heteroatoms. The highest BCUT2D eigenvalue weighted by Crippen LogP contribution is 2.55. The fraction of sp³-hybridized carbons (Fsp3) is 0.417. The van der Waals surface area contributed by atoms with Gasteiger partial charge in [0, 0.05) is 49.8 Å². The monoisotopic (exact) mass is 515 g/mol. The van der Waals surface area contributed by atoms with Crippen LogP contribution in [-0.4, -0.2) is 59.0 Å². The molecule has 1 aliphatic heterocycles. The summed E-state index contributed by atoms with van der Waals surface area (Å²) in [5, 5.41) is 6.05. The largest absolute Gasteiger partial charge is 0.325 e. The molecule has 1 aliphatic carbocycles. The second kappa shape index (κ2) is 9.32. The molecule has 1 atom stereocenters. The summed E-state index contributed by atoms with van der Waals surface area (Å²) in [5.74, 6) is 1.18. The van der Waals surface area contributed by atoms with Crippen LogP contribution in [0.3, 0.4) is 0 Å². The zero-order valence-corrected chi connectivity index (χ0v) is 20.7. The van der Waals surface area contributed by atoms with Crippen molar-refractivity contribution in [2.45, 2.75) is 37.1 Å². The molecule has 3 aromatic rings. The van der Waals surface area contributed by atoms with Crippen LogP contribution in [0.1, 0.15) is 31.4 Å². The standard InChI is InChI=1S/C24H27F2N7O2S/c1-15(33-12-24(13-33)9-17(10-24)22(25)26)16-5-6-19(28-11-16)31-20-8-21(30-14-29-20)32-23-18(36(2,34)35)4-3-7-27-23/h3-8,11,14-15,17,22H,9-10,12-13H2,1-2H3,(H2,27,28,29,30,31,32). The summed E-state index contributed by atoms with van der Waals surface area (Å²) in [6.07, 6.45) is 4.82. The first-order valence-corrected chi connectivity index (χ1v) is 13.5. The first-order chi connectivity index (χ1) is 17.1. The molecule has 2 N–H and O–H groups in total. The first kappa shape index (κ1) is 24.4. The molecule has 0 bridgehead atoms. The van der Waals surface area contributed by atoms with E-state index < -0.39 is 22.2 Å². The van der Waals surface area contributed by atoms with E-state index in [0.29, 0.717) is 30.3 Å². The third kappa shape index (κ3) is 5.00. The molecule has 36 heavy (non-hydrogen) atoms. The number of sulfone groups is 1. The van der Waals surface area contributed by atoms with Gasteiger partial charge in [-0.25, -0.2) is 37.1 Å². The van der Waals surface area contributed by atoms with Crippen LogP contribution in [0.4, 0.5) is 32.1 Å². The van der Waals surface area contributed by atoms with E-state index in [1.807, 2.05) is 12.1 Å². The van der Waals surface area contributed by atoms with E-state index >= 15 is 0 Å². The second-order valence-electron chi connectivity index (χ2n) is 9.72. The lowest BCUT2D eigenvalue weighted by Crippen LogP contribution is -2.63. The molecule has 9 nitrogen and oxygen atoms in total. The lowest BCUT2D eigenvalue weighted by atomic mass is 9.57. The lowest BCUT2D eigenvalue weighted by molar-refractivity contribution is -0.145. The minimum Gasteiger partial charge on any atom is -0.325 e. The van der Waals surface area contributed by atoms with Crippen molar-refractivity contribution in [2.24, 2.45) is 11.3 Å². The molecule has 3 aromatic heterocycles. The van der Waals surface area contributed by atoms with Gasteiger partial charge < -0.3 is 10.6 Å². The minimum atomic E-state index is -3.47. The van der Waals surface area contributed by atoms with Crippen molar-refractivity contribution >= 4 is 33.1 Å². The highest BCUT2D eigenvalue weighted by atomic mass is 32.2. The molecule has 1 spiro atoms. The molecule has 4 heterocycles. The lowest BCUT2D eigenvalue weighted by Gasteiger charge is -2.60. The summed E-state index contributed by atoms with van der Waals surface area (Å²) in [5.41, 5.74) is 1.13. The van der Waals surface area contributed by atoms with E-state index in [1.165, 1.54) is 18.6 Å². The normalized spacial score (nSPS) is 18.5. The van der Waals surface area contributed by atoms with Crippen molar-refractivity contribution in [3.8, 4) is 0 Å². The predicted molar refractivity (Wildman–Crippen MR) is 131 cm³/mol. The molecule has 1 saturated carbocycles. The van der Waals surface area contributed by atoms with Crippen LogP contribution in [-0.2, 0) is 9.84 Å². The van der Waals surface area contributed by atoms with Gasteiger partial charge in [0.25, 0.3) is 0 Å². The van der Waals surface area contributed by atoms with Crippen LogP contribution in [0.25, 0.3) is 0 Å². The molecular formula is C24H27F2N7O2S. The molecule has 1 saturated heterocycles. The van der Waals surface area contributed by atoms with Crippen molar-refractivity contribution in [2.75, 3.05) is 30.0 Å². The number of rotatable bonds is 8. The Bertz CT molecular complexity index is 1340. The highest BCUT2D eigenvalue weighted by molar-refractivity contribution is 7.90. The number of hydrogen-bond donors (Lipinski definition) is 2. The Morgan fingerprint density at radius 1 is 1.03 bits per heavy atom. The van der Waals surface area contributed by atoms with Crippen LogP contribution in [0.2, 0.25) is 0 Å². The number of anilines is 4. The van der Waals surface area contributed by atoms with Gasteiger partial charge in [-0.05, 0) is 48.9 Å². The van der Waals surface area contributed by atoms with Crippen molar-refractivity contribution in [3.63, 3.8) is 0 Å². The zero-order valence-electron chi connectivity index (χ0n) is 19.9. The molecule has 2 fully saturated rings. The number of nitrogens with zero attached hydrogens (tertiary/aromatic N) is 5. The minimum absolute atomic E-state index is 0.0729. The molecule has 1 unspecified atom stereocenters. The summed E-state index contributed by atoms with van der Waals surface area (Å²) in [6.45, 7) is 3.81. The molecule has 190 valence electrons. The number of nitrogens with one attached hydrogen (secondary N) is 2. The summed E-state index contributed by atoms with van der Waals surface area (Å²) >= 11 is 0. The molecule has 0 aromatic carbocycles. The predicted octanol–water partition coefficient (Wildman–Crippen LogP) is 4.20. The Morgan fingerprint density at radius 2 is 1.75 bits per heavy atom. The van der Waals surface area contributed by atoms with Gasteiger partial charge in [-0.2, -0.15) is 0 Å². The van der Waals surface area contributed by atoms with Crippen LogP contribution in [0.15, 0.2) is 53.9 Å². The number of hydrogen-bond acceptors (Lipinski definition) is 9. The van der Waals surface area contributed by atoms with Crippen molar-refractivity contribution in [1.29, 1.82) is 0 Å². The second-order valence-corrected chi connectivity index (χ2v) is 11.7. The van der Waals surface area contributed by atoms with Crippen molar-refractivity contribution in [1.82, 2.24) is 24.8 Å². The quantitative estimate of drug-likeness (QED) is 0.456. The Morgan fingerprint density at radius 3 is 2.39 bits per heavy atom. The van der Waals surface area contributed by atoms with Crippen LogP contribution in [0.5, 0.6) is 0 Å². The van der Waals surface area contributed by atoms with Gasteiger partial charge in [-0.15, -0.1) is 0 Å². The summed E-state index contributed by atoms with van der Waals surface area (Å²) < 4.78 is 49.7. The average molecular weight is 516 g/mol. The average Bonchev–Trinajstić information content (AvgIpc) is 2.77. The zero-order chi connectivity index (χ0) is 25.5. The van der Waals surface area contributed by atoms with Gasteiger partial charge in [0.15, 0.2) is 9.84 Å². The Kier molecular flexibility index (Phi) is 6.33. The number of aromatic nitrogens is 4. The van der Waals surface area contributed by atoms with Crippen molar-refractivity contribution in [3.05, 3.63) is 54.6 Å². The fourth-order valence-corrected chi connectivity index (χ4v) is 5.83. The molecule has 0 amide bonds. The maximum atomic E-state index is 12.8. The highest BCUT2D eigenvalue weighted by Gasteiger charge is 2.55. The maximum absolute atomic E-state index is 12.8. The molecule has 0 radical (unpaired) electrons. The number of pyridine rings is 2. The van der Waals surface area contributed by atoms with Gasteiger partial charge in [-0.1, -0.05) is 6.07 Å². The van der Waals surface area contributed by atoms with Crippen molar-refractivity contribution < 1.29 is 17.2 Å². The SMILES string of the molecule is CC(c1ccc(Nc2cc(Nc3ncccc3S(C)(=O)=O)ncn2)nc1)N1CC2(CC(C(F)F)C2)C1. The van der Waals surface area contributed by atoms with E-state index in [0.717, 1.165) is 24.9 Å². The Hall–Kier alpha value is -3.25. The van der Waals surface area contributed by atoms with Gasteiger partial charge in [0.05, 0.1) is 0 Å². The van der Waals surface area contributed by atoms with Gasteiger partial charge in [0.1, 0.15) is 34.5 Å². The number of alkyl halides is 2. The van der Waals surface area contributed by atoms with E-state index in [1.54, 1.807) is 18.3 Å². The number of likely N-dealkylation sites (tertiary alicyclic amines) is 1. The van der Waals surface area contributed by atoms with E-state index in [2.05, 4.69) is 42.4 Å². The maximum Gasteiger partial charge on any atom is 0.241 e. The molecule has 2 aliphatic rings. The van der Waals surface area contributed by atoms with E-state index in [4.69, 9.17) is 0 Å². The van der Waals surface area contributed by atoms with Crippen LogP contribution < -0.4 is 10.6 Å². The van der Waals surface area contributed by atoms with Crippen LogP contribution >= 0.6 is 0 Å². The van der Waals surface area contributed by atoms with E-state index in [-0.39, 0.29) is 22.2 Å². The van der Waals surface area contributed by atoms with Crippen LogP contribution in [0, 0.1) is 11.3 Å². The summed E-state index contributed by atoms with van der Waals surface area (Å²) in [7, 11) is -3.47. The third-order valence-corrected chi connectivity index (χ3v) is 8.11. The Labute approximate surface area is 208 Å². The number of halogens is 2. The first-order valence-electron chi connectivity index (χ1n) is 11.6. The van der Waals surface area contributed by atoms with E-state index in [9.17, 15) is 17.2 Å². The Balaban J connectivity index is 1.20. The topological polar surface area (TPSA) is 113 Å². The summed E-state index contributed by atoms with van der Waals surface area (Å²) in [4.78, 5) is 19.3. The summed E-state index contributed by atoms with van der Waals surface area (Å²) in [6, 6.07) is 8.65. The molecular weight excluding hydrogens is 488 g/mol. The smallest absolute Gasteiger partial charge is 0.241 e. The molecule has 5 rings (SSSR count). The third-order valence-electron chi connectivity index (χ3n) is 6.98. The van der Waals surface area contributed by atoms with Gasteiger partial charge >= 0.3 is 0 Å². The fourth-order valence-electron chi connectivity index (χ4n) is 5.05. The van der Waals surface area contributed by atoms with Gasteiger partial charge in [-0.3, -0.25) is 4.90 Å². The van der Waals surface area contributed by atoms with Gasteiger partial charge in [0.2, 0.25) is 6.43 Å².